The molecule has 0 radical (unpaired) electrons. The molecule has 2 aromatic rings. The minimum atomic E-state index is -0.453. The van der Waals surface area contributed by atoms with Gasteiger partial charge < -0.3 is 20.3 Å². The number of alkyl carbamates (subject to hydrolysis) is 1. The smallest absolute Gasteiger partial charge is 0.407 e. The van der Waals surface area contributed by atoms with E-state index in [4.69, 9.17) is 4.74 Å². The Labute approximate surface area is 143 Å². The van der Waals surface area contributed by atoms with Gasteiger partial charge in [0.1, 0.15) is 5.60 Å². The van der Waals surface area contributed by atoms with E-state index in [1.54, 1.807) is 21.7 Å². The average molecular weight is 346 g/mol. The zero-order valence-electron chi connectivity index (χ0n) is 13.1. The number of thiazole rings is 1. The van der Waals surface area contributed by atoms with Crippen molar-refractivity contribution in [3.8, 4) is 0 Å². The van der Waals surface area contributed by atoms with Gasteiger partial charge in [-0.15, -0.1) is 11.3 Å². The Morgan fingerprint density at radius 3 is 3.12 bits per heavy atom. The van der Waals surface area contributed by atoms with Gasteiger partial charge in [0.25, 0.3) is 0 Å². The predicted octanol–water partition coefficient (Wildman–Crippen LogP) is 2.79. The highest BCUT2D eigenvalue weighted by Gasteiger charge is 2.41. The van der Waals surface area contributed by atoms with Crippen LogP contribution in [0.3, 0.4) is 0 Å². The van der Waals surface area contributed by atoms with Crippen LogP contribution >= 0.6 is 11.3 Å². The lowest BCUT2D eigenvalue weighted by molar-refractivity contribution is 0.0454. The van der Waals surface area contributed by atoms with Crippen molar-refractivity contribution in [1.29, 1.82) is 0 Å². The molecule has 2 N–H and O–H groups in total. The van der Waals surface area contributed by atoms with Crippen LogP contribution in [-0.4, -0.2) is 47.2 Å². The fourth-order valence-electron chi connectivity index (χ4n) is 3.29. The molecular weight excluding hydrogens is 328 g/mol. The SMILES string of the molecule is O=C1NC[C@]2(CCCN(C(=O)Nc3ccc4scnc4c3)CC2)O1. The van der Waals surface area contributed by atoms with Crippen molar-refractivity contribution in [3.05, 3.63) is 23.7 Å². The molecule has 0 saturated carbocycles. The van der Waals surface area contributed by atoms with Crippen LogP contribution in [0.25, 0.3) is 10.2 Å². The number of urea groups is 1. The Hall–Kier alpha value is -2.35. The summed E-state index contributed by atoms with van der Waals surface area (Å²) >= 11 is 1.57. The maximum Gasteiger partial charge on any atom is 0.407 e. The van der Waals surface area contributed by atoms with Gasteiger partial charge in [0, 0.05) is 25.2 Å². The first-order valence-corrected chi connectivity index (χ1v) is 8.88. The molecule has 1 aromatic carbocycles. The summed E-state index contributed by atoms with van der Waals surface area (Å²) < 4.78 is 6.54. The molecule has 4 rings (SSSR count). The number of aromatic nitrogens is 1. The van der Waals surface area contributed by atoms with E-state index in [2.05, 4.69) is 15.6 Å². The molecule has 2 aliphatic heterocycles. The number of ether oxygens (including phenoxy) is 1. The Balaban J connectivity index is 1.41. The van der Waals surface area contributed by atoms with Crippen molar-refractivity contribution in [3.63, 3.8) is 0 Å². The molecule has 3 heterocycles. The summed E-state index contributed by atoms with van der Waals surface area (Å²) in [6.07, 6.45) is 1.89. The van der Waals surface area contributed by atoms with E-state index in [-0.39, 0.29) is 12.1 Å². The summed E-state index contributed by atoms with van der Waals surface area (Å²) in [7, 11) is 0. The maximum atomic E-state index is 12.5. The third-order valence-corrected chi connectivity index (χ3v) is 5.44. The van der Waals surface area contributed by atoms with Crippen molar-refractivity contribution < 1.29 is 14.3 Å². The summed E-state index contributed by atoms with van der Waals surface area (Å²) in [6, 6.07) is 5.61. The number of hydrogen-bond donors (Lipinski definition) is 2. The Morgan fingerprint density at radius 2 is 2.29 bits per heavy atom. The first-order valence-electron chi connectivity index (χ1n) is 8.00. The zero-order valence-corrected chi connectivity index (χ0v) is 13.9. The van der Waals surface area contributed by atoms with Gasteiger partial charge in [0.05, 0.1) is 22.3 Å². The molecule has 24 heavy (non-hydrogen) atoms. The minimum absolute atomic E-state index is 0.126. The summed E-state index contributed by atoms with van der Waals surface area (Å²) in [5.41, 5.74) is 2.97. The monoisotopic (exact) mass is 346 g/mol. The molecule has 7 nitrogen and oxygen atoms in total. The van der Waals surface area contributed by atoms with Crippen molar-refractivity contribution >= 4 is 39.4 Å². The molecular formula is C16H18N4O3S. The zero-order chi connectivity index (χ0) is 16.6. The summed E-state index contributed by atoms with van der Waals surface area (Å²) in [6.45, 7) is 1.76. The number of likely N-dealkylation sites (tertiary alicyclic amines) is 1. The molecule has 2 aliphatic rings. The molecule has 1 aromatic heterocycles. The number of carbonyl (C=O) groups is 2. The van der Waals surface area contributed by atoms with Crippen LogP contribution < -0.4 is 10.6 Å². The van der Waals surface area contributed by atoms with Gasteiger partial charge in [-0.3, -0.25) is 0 Å². The van der Waals surface area contributed by atoms with Crippen molar-refractivity contribution in [1.82, 2.24) is 15.2 Å². The molecule has 2 fully saturated rings. The van der Waals surface area contributed by atoms with Crippen molar-refractivity contribution in [2.24, 2.45) is 0 Å². The summed E-state index contributed by atoms with van der Waals surface area (Å²) in [5, 5.41) is 5.66. The molecule has 0 aliphatic carbocycles. The third kappa shape index (κ3) is 2.89. The molecule has 126 valence electrons. The largest absolute Gasteiger partial charge is 0.441 e. The van der Waals surface area contributed by atoms with Crippen LogP contribution in [0, 0.1) is 0 Å². The Bertz CT molecular complexity index is 792. The topological polar surface area (TPSA) is 83.6 Å². The molecule has 2 saturated heterocycles. The lowest BCUT2D eigenvalue weighted by Gasteiger charge is -2.25. The lowest BCUT2D eigenvalue weighted by Crippen LogP contribution is -2.38. The van der Waals surface area contributed by atoms with Crippen LogP contribution in [-0.2, 0) is 4.74 Å². The van der Waals surface area contributed by atoms with Crippen LogP contribution in [0.15, 0.2) is 23.7 Å². The van der Waals surface area contributed by atoms with E-state index in [0.717, 1.165) is 28.7 Å². The molecule has 3 amide bonds. The lowest BCUT2D eigenvalue weighted by atomic mass is 9.95. The van der Waals surface area contributed by atoms with E-state index in [1.165, 1.54) is 0 Å². The van der Waals surface area contributed by atoms with E-state index in [9.17, 15) is 9.59 Å². The number of nitrogens with zero attached hydrogens (tertiary/aromatic N) is 2. The average Bonchev–Trinajstić information content (AvgIpc) is 3.10. The fraction of sp³-hybridized carbons (Fsp3) is 0.438. The standard InChI is InChI=1S/C16H18N4O3S/c21-14(19-11-2-3-13-12(8-11)18-10-24-13)20-6-1-4-16(5-7-20)9-17-15(22)23-16/h2-3,8,10H,1,4-7,9H2,(H,17,22)(H,19,21)/t16-/m1/s1. The number of carbonyl (C=O) groups excluding carboxylic acids is 2. The van der Waals surface area contributed by atoms with E-state index < -0.39 is 5.60 Å². The van der Waals surface area contributed by atoms with E-state index in [0.29, 0.717) is 26.1 Å². The molecule has 1 spiro atoms. The van der Waals surface area contributed by atoms with Gasteiger partial charge >= 0.3 is 12.1 Å². The van der Waals surface area contributed by atoms with Gasteiger partial charge in [0.2, 0.25) is 0 Å². The minimum Gasteiger partial charge on any atom is -0.441 e. The molecule has 1 atom stereocenters. The second-order valence-electron chi connectivity index (χ2n) is 6.23. The highest BCUT2D eigenvalue weighted by molar-refractivity contribution is 7.16. The van der Waals surface area contributed by atoms with Gasteiger partial charge in [-0.1, -0.05) is 0 Å². The number of benzene rings is 1. The van der Waals surface area contributed by atoms with Crippen molar-refractivity contribution in [2.75, 3.05) is 25.0 Å². The first-order chi connectivity index (χ1) is 11.6. The van der Waals surface area contributed by atoms with Crippen LogP contribution in [0.4, 0.5) is 15.3 Å². The number of nitrogens with one attached hydrogen (secondary N) is 2. The molecule has 0 unspecified atom stereocenters. The highest BCUT2D eigenvalue weighted by atomic mass is 32.1. The first kappa shape index (κ1) is 15.2. The second-order valence-corrected chi connectivity index (χ2v) is 7.12. The van der Waals surface area contributed by atoms with Crippen LogP contribution in [0.5, 0.6) is 0 Å². The molecule has 8 heteroatoms. The number of rotatable bonds is 1. The normalized spacial score (nSPS) is 23.8. The highest BCUT2D eigenvalue weighted by Crippen LogP contribution is 2.29. The summed E-state index contributed by atoms with van der Waals surface area (Å²) in [4.78, 5) is 29.9. The van der Waals surface area contributed by atoms with Crippen molar-refractivity contribution in [2.45, 2.75) is 24.9 Å². The quantitative estimate of drug-likeness (QED) is 0.832. The fourth-order valence-corrected chi connectivity index (χ4v) is 3.95. The van der Waals surface area contributed by atoms with Gasteiger partial charge in [-0.25, -0.2) is 14.6 Å². The second kappa shape index (κ2) is 5.94. The Morgan fingerprint density at radius 1 is 1.38 bits per heavy atom. The number of hydrogen-bond acceptors (Lipinski definition) is 5. The molecule has 0 bridgehead atoms. The van der Waals surface area contributed by atoms with Crippen LogP contribution in [0.2, 0.25) is 0 Å². The predicted molar refractivity (Wildman–Crippen MR) is 91.3 cm³/mol. The third-order valence-electron chi connectivity index (χ3n) is 4.63. The number of fused-ring (bicyclic) bond motifs is 1. The van der Waals surface area contributed by atoms with Gasteiger partial charge in [0.15, 0.2) is 0 Å². The van der Waals surface area contributed by atoms with E-state index >= 15 is 0 Å². The van der Waals surface area contributed by atoms with Gasteiger partial charge in [-0.05, 0) is 31.0 Å². The summed E-state index contributed by atoms with van der Waals surface area (Å²) in [5.74, 6) is 0. The van der Waals surface area contributed by atoms with Crippen LogP contribution in [0.1, 0.15) is 19.3 Å². The maximum absolute atomic E-state index is 12.5. The number of amides is 3. The Kier molecular flexibility index (Phi) is 3.76. The number of anilines is 1. The van der Waals surface area contributed by atoms with E-state index in [1.807, 2.05) is 18.2 Å². The van der Waals surface area contributed by atoms with Gasteiger partial charge in [-0.2, -0.15) is 0 Å².